The quantitative estimate of drug-likeness (QED) is 0.545. The molecule has 0 aliphatic heterocycles. The first-order chi connectivity index (χ1) is 13.2. The molecule has 2 aromatic carbocycles. The Kier molecular flexibility index (Phi) is 4.69. The molecule has 0 spiro atoms. The van der Waals surface area contributed by atoms with Crippen LogP contribution in [0.25, 0.3) is 20.2 Å². The molecular formula is C18H14N4O3S2. The Bertz CT molecular complexity index is 1070. The van der Waals surface area contributed by atoms with E-state index in [1.165, 1.54) is 36.9 Å². The molecule has 0 unspecified atom stereocenters. The van der Waals surface area contributed by atoms with Crippen molar-refractivity contribution < 1.29 is 14.3 Å². The number of aromatic nitrogens is 3. The molecule has 9 heteroatoms. The van der Waals surface area contributed by atoms with E-state index in [0.717, 1.165) is 15.2 Å². The molecular weight excluding hydrogens is 384 g/mol. The van der Waals surface area contributed by atoms with E-state index in [4.69, 9.17) is 9.47 Å². The summed E-state index contributed by atoms with van der Waals surface area (Å²) in [4.78, 5) is 17.3. The zero-order chi connectivity index (χ0) is 18.8. The summed E-state index contributed by atoms with van der Waals surface area (Å²) in [7, 11) is 3.00. The predicted molar refractivity (Wildman–Crippen MR) is 106 cm³/mol. The van der Waals surface area contributed by atoms with E-state index in [0.29, 0.717) is 27.2 Å². The molecule has 0 radical (unpaired) electrons. The molecule has 4 rings (SSSR count). The van der Waals surface area contributed by atoms with Gasteiger partial charge in [-0.05, 0) is 24.3 Å². The highest BCUT2D eigenvalue weighted by Gasteiger charge is 2.20. The Hall–Kier alpha value is -3.04. The van der Waals surface area contributed by atoms with Crippen LogP contribution >= 0.6 is 22.7 Å². The van der Waals surface area contributed by atoms with E-state index in [2.05, 4.69) is 20.5 Å². The van der Waals surface area contributed by atoms with Gasteiger partial charge < -0.3 is 9.47 Å². The van der Waals surface area contributed by atoms with Gasteiger partial charge in [-0.25, -0.2) is 4.98 Å². The van der Waals surface area contributed by atoms with Crippen LogP contribution < -0.4 is 14.8 Å². The molecule has 136 valence electrons. The van der Waals surface area contributed by atoms with Gasteiger partial charge >= 0.3 is 0 Å². The van der Waals surface area contributed by atoms with Crippen molar-refractivity contribution in [2.45, 2.75) is 0 Å². The number of para-hydroxylation sites is 1. The fourth-order valence-corrected chi connectivity index (χ4v) is 4.28. The van der Waals surface area contributed by atoms with Gasteiger partial charge in [-0.15, -0.1) is 21.5 Å². The Labute approximate surface area is 162 Å². The Morgan fingerprint density at radius 3 is 2.37 bits per heavy atom. The van der Waals surface area contributed by atoms with Gasteiger partial charge in [-0.3, -0.25) is 10.1 Å². The molecule has 4 aromatic rings. The molecule has 1 N–H and O–H groups in total. The topological polar surface area (TPSA) is 86.2 Å². The third-order valence-electron chi connectivity index (χ3n) is 3.78. The molecule has 0 saturated carbocycles. The molecule has 0 saturated heterocycles. The Morgan fingerprint density at radius 1 is 0.926 bits per heavy atom. The number of rotatable bonds is 5. The van der Waals surface area contributed by atoms with E-state index in [1.54, 1.807) is 18.2 Å². The van der Waals surface area contributed by atoms with E-state index in [1.807, 2.05) is 24.3 Å². The Balaban J connectivity index is 1.60. The third kappa shape index (κ3) is 3.34. The number of hydrogen-bond acceptors (Lipinski definition) is 8. The number of nitrogens with one attached hydrogen (secondary N) is 1. The summed E-state index contributed by atoms with van der Waals surface area (Å²) in [5.74, 6) is 0.460. The Morgan fingerprint density at radius 2 is 1.67 bits per heavy atom. The van der Waals surface area contributed by atoms with Crippen molar-refractivity contribution in [1.29, 1.82) is 0 Å². The molecule has 1 amide bonds. The lowest BCUT2D eigenvalue weighted by Gasteiger charge is -2.11. The summed E-state index contributed by atoms with van der Waals surface area (Å²) in [6, 6.07) is 13.0. The van der Waals surface area contributed by atoms with Gasteiger partial charge in [0.2, 0.25) is 5.13 Å². The molecule has 7 nitrogen and oxygen atoms in total. The summed E-state index contributed by atoms with van der Waals surface area (Å²) in [5, 5.41) is 12.8. The lowest BCUT2D eigenvalue weighted by Crippen LogP contribution is -2.14. The average molecular weight is 398 g/mol. The van der Waals surface area contributed by atoms with E-state index in [-0.39, 0.29) is 5.91 Å². The maximum atomic E-state index is 12.7. The van der Waals surface area contributed by atoms with Crippen LogP contribution in [0.2, 0.25) is 0 Å². The molecule has 2 heterocycles. The van der Waals surface area contributed by atoms with Crippen molar-refractivity contribution >= 4 is 43.9 Å². The van der Waals surface area contributed by atoms with Crippen LogP contribution in [0.5, 0.6) is 11.5 Å². The molecule has 0 atom stereocenters. The number of nitrogens with zero attached hydrogens (tertiary/aromatic N) is 3. The number of anilines is 1. The van der Waals surface area contributed by atoms with Crippen LogP contribution in [0.15, 0.2) is 42.5 Å². The normalized spacial score (nSPS) is 10.7. The molecule has 0 fully saturated rings. The van der Waals surface area contributed by atoms with Crippen LogP contribution in [0.3, 0.4) is 0 Å². The summed E-state index contributed by atoms with van der Waals surface area (Å²) >= 11 is 2.80. The fourth-order valence-electron chi connectivity index (χ4n) is 2.56. The highest BCUT2D eigenvalue weighted by molar-refractivity contribution is 7.26. The van der Waals surface area contributed by atoms with Gasteiger partial charge in [-0.1, -0.05) is 29.5 Å². The van der Waals surface area contributed by atoms with Crippen LogP contribution in [0.4, 0.5) is 5.13 Å². The zero-order valence-corrected chi connectivity index (χ0v) is 16.1. The minimum atomic E-state index is -0.378. The van der Waals surface area contributed by atoms with Crippen LogP contribution in [0.1, 0.15) is 10.4 Å². The van der Waals surface area contributed by atoms with E-state index < -0.39 is 0 Å². The lowest BCUT2D eigenvalue weighted by molar-refractivity contribution is 0.102. The molecule has 0 aliphatic carbocycles. The van der Waals surface area contributed by atoms with Crippen molar-refractivity contribution in [3.8, 4) is 21.5 Å². The van der Waals surface area contributed by atoms with E-state index in [9.17, 15) is 4.79 Å². The number of fused-ring (bicyclic) bond motifs is 1. The first kappa shape index (κ1) is 17.4. The number of ether oxygens (including phenoxy) is 2. The largest absolute Gasteiger partial charge is 0.496 e. The number of methoxy groups -OCH3 is 2. The minimum Gasteiger partial charge on any atom is -0.496 e. The van der Waals surface area contributed by atoms with Crippen molar-refractivity contribution in [1.82, 2.24) is 15.2 Å². The molecule has 0 aliphatic rings. The van der Waals surface area contributed by atoms with Crippen LogP contribution in [-0.4, -0.2) is 35.3 Å². The van der Waals surface area contributed by atoms with Crippen molar-refractivity contribution in [3.63, 3.8) is 0 Å². The van der Waals surface area contributed by atoms with Crippen LogP contribution in [-0.2, 0) is 0 Å². The van der Waals surface area contributed by atoms with Gasteiger partial charge in [0.15, 0.2) is 10.0 Å². The van der Waals surface area contributed by atoms with Crippen LogP contribution in [0, 0.1) is 0 Å². The maximum absolute atomic E-state index is 12.7. The van der Waals surface area contributed by atoms with Gasteiger partial charge in [-0.2, -0.15) is 0 Å². The smallest absolute Gasteiger partial charge is 0.265 e. The summed E-state index contributed by atoms with van der Waals surface area (Å²) < 4.78 is 11.6. The van der Waals surface area contributed by atoms with Crippen molar-refractivity contribution in [2.24, 2.45) is 0 Å². The van der Waals surface area contributed by atoms with E-state index >= 15 is 0 Å². The molecule has 2 aromatic heterocycles. The summed E-state index contributed by atoms with van der Waals surface area (Å²) in [6.45, 7) is 0. The summed E-state index contributed by atoms with van der Waals surface area (Å²) in [6.07, 6.45) is 0. The fraction of sp³-hybridized carbons (Fsp3) is 0.111. The monoisotopic (exact) mass is 398 g/mol. The number of hydrogen-bond donors (Lipinski definition) is 1. The number of carbonyl (C=O) groups excluding carboxylic acids is 1. The SMILES string of the molecule is COc1cccc(OC)c1C(=O)Nc1nnc(-c2nc3ccccc3s2)s1. The average Bonchev–Trinajstić information content (AvgIpc) is 3.33. The summed E-state index contributed by atoms with van der Waals surface area (Å²) in [5.41, 5.74) is 1.22. The molecule has 0 bridgehead atoms. The standard InChI is InChI=1S/C18H14N4O3S2/c1-24-11-7-5-8-12(25-2)14(11)15(23)20-18-22-21-17(27-18)16-19-10-6-3-4-9-13(10)26-16/h3-9H,1-2H3,(H,20,22,23). The highest BCUT2D eigenvalue weighted by atomic mass is 32.1. The first-order valence-corrected chi connectivity index (χ1v) is 9.54. The molecule has 27 heavy (non-hydrogen) atoms. The third-order valence-corrected chi connectivity index (χ3v) is 5.79. The highest BCUT2D eigenvalue weighted by Crippen LogP contribution is 2.34. The number of thiazole rings is 1. The number of benzene rings is 2. The zero-order valence-electron chi connectivity index (χ0n) is 14.4. The van der Waals surface area contributed by atoms with Crippen molar-refractivity contribution in [2.75, 3.05) is 19.5 Å². The minimum absolute atomic E-state index is 0.305. The second-order valence-corrected chi connectivity index (χ2v) is 7.40. The van der Waals surface area contributed by atoms with Gasteiger partial charge in [0.05, 0.1) is 24.4 Å². The number of carbonyl (C=O) groups is 1. The first-order valence-electron chi connectivity index (χ1n) is 7.91. The van der Waals surface area contributed by atoms with Gasteiger partial charge in [0.1, 0.15) is 17.1 Å². The predicted octanol–water partition coefficient (Wildman–Crippen LogP) is 4.08. The van der Waals surface area contributed by atoms with Crippen molar-refractivity contribution in [3.05, 3.63) is 48.0 Å². The lowest BCUT2D eigenvalue weighted by atomic mass is 10.1. The number of amides is 1. The maximum Gasteiger partial charge on any atom is 0.265 e. The van der Waals surface area contributed by atoms with Gasteiger partial charge in [0.25, 0.3) is 5.91 Å². The van der Waals surface area contributed by atoms with Gasteiger partial charge in [0, 0.05) is 0 Å². The second-order valence-electron chi connectivity index (χ2n) is 5.39. The second kappa shape index (κ2) is 7.29.